The van der Waals surface area contributed by atoms with Crippen LogP contribution < -0.4 is 0 Å². The van der Waals surface area contributed by atoms with Crippen LogP contribution in [0.15, 0.2) is 91.0 Å². The van der Waals surface area contributed by atoms with E-state index in [0.29, 0.717) is 12.8 Å². The van der Waals surface area contributed by atoms with Gasteiger partial charge in [-0.2, -0.15) is 0 Å². The molecule has 0 saturated heterocycles. The van der Waals surface area contributed by atoms with E-state index >= 15 is 0 Å². The highest BCUT2D eigenvalue weighted by Gasteiger charge is 2.23. The maximum atomic E-state index is 14.9. The third-order valence-electron chi connectivity index (χ3n) is 8.52. The van der Waals surface area contributed by atoms with Crippen molar-refractivity contribution in [2.24, 2.45) is 0 Å². The maximum absolute atomic E-state index is 14.9. The highest BCUT2D eigenvalue weighted by molar-refractivity contribution is 5.68. The summed E-state index contributed by atoms with van der Waals surface area (Å²) in [6.45, 7) is 10.5. The molecule has 0 fully saturated rings. The number of hydrogen-bond acceptors (Lipinski definition) is 0. The van der Waals surface area contributed by atoms with Gasteiger partial charge in [-0.3, -0.25) is 0 Å². The van der Waals surface area contributed by atoms with E-state index in [9.17, 15) is 4.39 Å². The van der Waals surface area contributed by atoms with Crippen molar-refractivity contribution >= 4 is 0 Å². The van der Waals surface area contributed by atoms with Crippen molar-refractivity contribution in [1.82, 2.24) is 0 Å². The van der Waals surface area contributed by atoms with Gasteiger partial charge in [-0.1, -0.05) is 156 Å². The quantitative estimate of drug-likeness (QED) is 0.101. The lowest BCUT2D eigenvalue weighted by atomic mass is 9.91. The van der Waals surface area contributed by atoms with Crippen molar-refractivity contribution in [2.45, 2.75) is 111 Å². The van der Waals surface area contributed by atoms with Crippen LogP contribution in [0.25, 0.3) is 22.3 Å². The lowest BCUT2D eigenvalue weighted by molar-refractivity contribution is 0.169. The highest BCUT2D eigenvalue weighted by atomic mass is 19.1. The van der Waals surface area contributed by atoms with Gasteiger partial charge < -0.3 is 0 Å². The number of halogens is 1. The predicted molar refractivity (Wildman–Crippen MR) is 191 cm³/mol. The van der Waals surface area contributed by atoms with Gasteiger partial charge in [0, 0.05) is 12.0 Å². The molecule has 4 aromatic carbocycles. The molecule has 44 heavy (non-hydrogen) atoms. The third kappa shape index (κ3) is 11.8. The summed E-state index contributed by atoms with van der Waals surface area (Å²) in [5, 5.41) is 0. The molecular weight excluding hydrogens is 535 g/mol. The third-order valence-corrected chi connectivity index (χ3v) is 8.52. The van der Waals surface area contributed by atoms with Crippen molar-refractivity contribution in [3.05, 3.63) is 119 Å². The molecule has 0 aromatic heterocycles. The fourth-order valence-electron chi connectivity index (χ4n) is 5.72. The summed E-state index contributed by atoms with van der Waals surface area (Å²) in [5.74, 6) is 2.63. The maximum Gasteiger partial charge on any atom is 0.112 e. The van der Waals surface area contributed by atoms with E-state index in [2.05, 4.69) is 100 Å². The van der Waals surface area contributed by atoms with Gasteiger partial charge in [-0.15, -0.1) is 6.42 Å². The molecule has 0 spiro atoms. The number of aryl methyl sites for hydroxylation is 3. The van der Waals surface area contributed by atoms with Crippen molar-refractivity contribution in [2.75, 3.05) is 0 Å². The molecule has 0 N–H and O–H groups in total. The number of rotatable bonds is 14. The first-order valence-corrected chi connectivity index (χ1v) is 16.8. The SMILES string of the molecule is C#Cc1ccc(-c2ccc(CC(C)(F)CCCCCCCCCC)cc2)cc1.CCc1ccc(-c2ccc(C)cc2)c(C)c1. The summed E-state index contributed by atoms with van der Waals surface area (Å²) < 4.78 is 14.9. The van der Waals surface area contributed by atoms with E-state index < -0.39 is 5.67 Å². The predicted octanol–water partition coefficient (Wildman–Crippen LogP) is 12.7. The summed E-state index contributed by atoms with van der Waals surface area (Å²) in [6, 6.07) is 31.7. The molecule has 232 valence electrons. The Morgan fingerprint density at radius 3 is 1.70 bits per heavy atom. The number of terminal acetylenes is 1. The summed E-state index contributed by atoms with van der Waals surface area (Å²) in [5.41, 5.74) is 9.83. The Balaban J connectivity index is 0.000000278. The second-order valence-electron chi connectivity index (χ2n) is 12.6. The van der Waals surface area contributed by atoms with Crippen LogP contribution in [0.2, 0.25) is 0 Å². The van der Waals surface area contributed by atoms with E-state index in [0.717, 1.165) is 41.5 Å². The Kier molecular flexibility index (Phi) is 14.5. The van der Waals surface area contributed by atoms with Crippen LogP contribution in [-0.4, -0.2) is 5.67 Å². The number of alkyl halides is 1. The van der Waals surface area contributed by atoms with E-state index in [4.69, 9.17) is 6.42 Å². The first kappa shape index (κ1) is 34.9. The Morgan fingerprint density at radius 2 is 1.16 bits per heavy atom. The van der Waals surface area contributed by atoms with Gasteiger partial charge in [0.15, 0.2) is 0 Å². The molecule has 0 aliphatic carbocycles. The van der Waals surface area contributed by atoms with Crippen LogP contribution in [0.5, 0.6) is 0 Å². The molecule has 0 bridgehead atoms. The minimum atomic E-state index is -1.13. The Morgan fingerprint density at radius 1 is 0.636 bits per heavy atom. The second-order valence-corrected chi connectivity index (χ2v) is 12.6. The summed E-state index contributed by atoms with van der Waals surface area (Å²) in [7, 11) is 0. The molecule has 1 heteroatoms. The van der Waals surface area contributed by atoms with Gasteiger partial charge in [-0.25, -0.2) is 4.39 Å². The Hall–Kier alpha value is -3.63. The minimum Gasteiger partial charge on any atom is -0.244 e. The van der Waals surface area contributed by atoms with E-state index in [-0.39, 0.29) is 0 Å². The van der Waals surface area contributed by atoms with Gasteiger partial charge in [0.25, 0.3) is 0 Å². The number of benzene rings is 4. The van der Waals surface area contributed by atoms with Crippen LogP contribution in [0.1, 0.15) is 106 Å². The molecule has 0 radical (unpaired) electrons. The molecule has 1 unspecified atom stereocenters. The fourth-order valence-corrected chi connectivity index (χ4v) is 5.72. The standard InChI is InChI=1S/C27H35F.C16H18/c1-4-6-7-8-9-10-11-12-21-27(3,28)22-24-15-19-26(20-16-24)25-17-13-23(5-2)14-18-25;1-4-14-7-10-16(13(3)11-14)15-8-5-12(2)6-9-15/h2,13-20H,4,6-12,21-22H2,1,3H3;5-11H,4H2,1-3H3. The number of unbranched alkanes of at least 4 members (excludes halogenated alkanes) is 7. The molecule has 0 amide bonds. The second kappa shape index (κ2) is 18.2. The molecule has 0 saturated carbocycles. The summed E-state index contributed by atoms with van der Waals surface area (Å²) in [6.07, 6.45) is 17.6. The number of hydrogen-bond donors (Lipinski definition) is 0. The van der Waals surface area contributed by atoms with Crippen LogP contribution in [0.4, 0.5) is 4.39 Å². The van der Waals surface area contributed by atoms with E-state index in [1.165, 1.54) is 66.3 Å². The average molecular weight is 589 g/mol. The van der Waals surface area contributed by atoms with Gasteiger partial charge in [0.05, 0.1) is 0 Å². The molecule has 0 nitrogen and oxygen atoms in total. The van der Waals surface area contributed by atoms with Crippen LogP contribution in [0.3, 0.4) is 0 Å². The fraction of sp³-hybridized carbons (Fsp3) is 0.395. The zero-order valence-corrected chi connectivity index (χ0v) is 27.9. The van der Waals surface area contributed by atoms with Gasteiger partial charge in [-0.05, 0) is 84.7 Å². The van der Waals surface area contributed by atoms with E-state index in [1.807, 2.05) is 24.3 Å². The molecule has 4 rings (SSSR count). The monoisotopic (exact) mass is 588 g/mol. The molecular formula is C43H53F. The van der Waals surface area contributed by atoms with Gasteiger partial charge >= 0.3 is 0 Å². The molecule has 0 aliphatic rings. The van der Waals surface area contributed by atoms with Crippen molar-refractivity contribution < 1.29 is 4.39 Å². The van der Waals surface area contributed by atoms with Crippen LogP contribution >= 0.6 is 0 Å². The van der Waals surface area contributed by atoms with Gasteiger partial charge in [0.1, 0.15) is 5.67 Å². The van der Waals surface area contributed by atoms with Crippen molar-refractivity contribution in [1.29, 1.82) is 0 Å². The lowest BCUT2D eigenvalue weighted by Crippen LogP contribution is -2.21. The average Bonchev–Trinajstić information content (AvgIpc) is 3.03. The first-order chi connectivity index (χ1) is 21.2. The normalized spacial score (nSPS) is 12.1. The van der Waals surface area contributed by atoms with E-state index in [1.54, 1.807) is 6.92 Å². The molecule has 0 heterocycles. The highest BCUT2D eigenvalue weighted by Crippen LogP contribution is 2.27. The molecule has 1 atom stereocenters. The van der Waals surface area contributed by atoms with Crippen molar-refractivity contribution in [3.8, 4) is 34.6 Å². The summed E-state index contributed by atoms with van der Waals surface area (Å²) >= 11 is 0. The molecule has 4 aromatic rings. The van der Waals surface area contributed by atoms with Gasteiger partial charge in [0.2, 0.25) is 0 Å². The summed E-state index contributed by atoms with van der Waals surface area (Å²) in [4.78, 5) is 0. The van der Waals surface area contributed by atoms with Crippen LogP contribution in [-0.2, 0) is 12.8 Å². The van der Waals surface area contributed by atoms with Crippen molar-refractivity contribution in [3.63, 3.8) is 0 Å². The minimum absolute atomic E-state index is 0.486. The Labute approximate surface area is 268 Å². The topological polar surface area (TPSA) is 0 Å². The zero-order chi connectivity index (χ0) is 31.8. The zero-order valence-electron chi connectivity index (χ0n) is 27.9. The van der Waals surface area contributed by atoms with Crippen LogP contribution in [0, 0.1) is 26.2 Å². The lowest BCUT2D eigenvalue weighted by Gasteiger charge is -2.20. The largest absolute Gasteiger partial charge is 0.244 e. The molecule has 0 aliphatic heterocycles. The smallest absolute Gasteiger partial charge is 0.112 e. The first-order valence-electron chi connectivity index (χ1n) is 16.8. The Bertz CT molecular complexity index is 1420.